The number of nitrogens with one attached hydrogen (secondary N) is 2. The first kappa shape index (κ1) is 18.6. The molecule has 3 unspecified atom stereocenters. The largest absolute Gasteiger partial charge is 0.341 e. The smallest absolute Gasteiger partial charge is 0.248 e. The first-order valence-corrected chi connectivity index (χ1v) is 9.41. The van der Waals surface area contributed by atoms with Crippen molar-refractivity contribution in [3.05, 3.63) is 57.0 Å². The number of aromatic nitrogens is 1. The number of aromatic amines is 1. The summed E-state index contributed by atoms with van der Waals surface area (Å²) in [4.78, 5) is 27.8. The van der Waals surface area contributed by atoms with Crippen molar-refractivity contribution >= 4 is 5.91 Å². The van der Waals surface area contributed by atoms with Crippen LogP contribution in [0.5, 0.6) is 0 Å². The highest BCUT2D eigenvalue weighted by Gasteiger charge is 2.48. The van der Waals surface area contributed by atoms with E-state index < -0.39 is 11.6 Å². The molecule has 3 rings (SSSR count). The summed E-state index contributed by atoms with van der Waals surface area (Å²) < 4.78 is 0. The highest BCUT2D eigenvalue weighted by atomic mass is 16.2. The molecule has 1 heterocycles. The summed E-state index contributed by atoms with van der Waals surface area (Å²) in [6, 6.07) is 2.86. The van der Waals surface area contributed by atoms with Crippen LogP contribution in [0.1, 0.15) is 51.8 Å². The fourth-order valence-electron chi connectivity index (χ4n) is 4.61. The molecule has 0 radical (unpaired) electrons. The molecule has 0 aliphatic heterocycles. The van der Waals surface area contributed by atoms with Gasteiger partial charge >= 0.3 is 0 Å². The number of H-pyrrole nitrogens is 1. The minimum Gasteiger partial charge on any atom is -0.341 e. The molecule has 0 spiro atoms. The summed E-state index contributed by atoms with van der Waals surface area (Å²) in [5.74, 6) is 0.400. The van der Waals surface area contributed by atoms with Gasteiger partial charge in [0.2, 0.25) is 11.5 Å². The number of rotatable bonds is 4. The molecule has 1 aromatic rings. The molecule has 0 saturated heterocycles. The third-order valence-corrected chi connectivity index (χ3v) is 5.52. The lowest BCUT2D eigenvalue weighted by Gasteiger charge is -2.48. The third kappa shape index (κ3) is 3.16. The van der Waals surface area contributed by atoms with Gasteiger partial charge in [-0.2, -0.15) is 0 Å². The van der Waals surface area contributed by atoms with Crippen LogP contribution in [-0.4, -0.2) is 16.9 Å². The minimum atomic E-state index is -0.623. The van der Waals surface area contributed by atoms with Gasteiger partial charge in [-0.3, -0.25) is 9.59 Å². The van der Waals surface area contributed by atoms with Gasteiger partial charge in [0.1, 0.15) is 0 Å². The molecule has 4 N–H and O–H groups in total. The number of pyridine rings is 1. The maximum absolute atomic E-state index is 12.9. The van der Waals surface area contributed by atoms with Gasteiger partial charge in [-0.15, -0.1) is 0 Å². The summed E-state index contributed by atoms with van der Waals surface area (Å²) >= 11 is 0. The molecular weight excluding hydrogens is 326 g/mol. The Labute approximate surface area is 154 Å². The van der Waals surface area contributed by atoms with Crippen molar-refractivity contribution in [3.63, 3.8) is 0 Å². The molecule has 140 valence electrons. The Morgan fingerprint density at radius 1 is 1.46 bits per heavy atom. The van der Waals surface area contributed by atoms with E-state index in [0.717, 1.165) is 17.7 Å². The Morgan fingerprint density at radius 3 is 2.85 bits per heavy atom. The van der Waals surface area contributed by atoms with Gasteiger partial charge in [-0.25, -0.2) is 0 Å². The van der Waals surface area contributed by atoms with Crippen molar-refractivity contribution in [2.24, 2.45) is 17.6 Å². The standard InChI is InChI=1S/C21H29N3O2/c1-5-15-14-9-13(4)11-21(15,24-20(26)17(22)8-12(2)3)16-6-7-19(25)23-18(16)10-14/h5-7,9,12,14,17H,8,10-11,22H2,1-4H3,(H,23,25)(H,24,26). The summed E-state index contributed by atoms with van der Waals surface area (Å²) in [6.07, 6.45) is 6.45. The van der Waals surface area contributed by atoms with Crippen LogP contribution >= 0.6 is 0 Å². The topological polar surface area (TPSA) is 88.0 Å². The summed E-state index contributed by atoms with van der Waals surface area (Å²) in [5.41, 5.74) is 9.76. The van der Waals surface area contributed by atoms with E-state index >= 15 is 0 Å². The molecule has 2 bridgehead atoms. The van der Waals surface area contributed by atoms with E-state index in [4.69, 9.17) is 5.73 Å². The van der Waals surface area contributed by atoms with E-state index in [9.17, 15) is 9.59 Å². The minimum absolute atomic E-state index is 0.107. The lowest BCUT2D eigenvalue weighted by molar-refractivity contribution is -0.124. The summed E-state index contributed by atoms with van der Waals surface area (Å²) in [6.45, 7) is 8.24. The number of nitrogens with two attached hydrogens (primary N) is 1. The number of hydrogen-bond acceptors (Lipinski definition) is 3. The lowest BCUT2D eigenvalue weighted by atomic mass is 9.63. The van der Waals surface area contributed by atoms with Crippen LogP contribution in [0.15, 0.2) is 40.2 Å². The van der Waals surface area contributed by atoms with E-state index in [-0.39, 0.29) is 17.4 Å². The first-order chi connectivity index (χ1) is 12.3. The molecule has 2 aliphatic rings. The molecule has 1 amide bonds. The number of amides is 1. The van der Waals surface area contributed by atoms with Crippen molar-refractivity contribution in [2.45, 2.75) is 58.5 Å². The average Bonchev–Trinajstić information content (AvgIpc) is 2.53. The zero-order valence-electron chi connectivity index (χ0n) is 16.1. The maximum Gasteiger partial charge on any atom is 0.248 e. The van der Waals surface area contributed by atoms with E-state index in [1.54, 1.807) is 6.07 Å². The van der Waals surface area contributed by atoms with E-state index in [0.29, 0.717) is 18.8 Å². The molecular formula is C21H29N3O2. The van der Waals surface area contributed by atoms with Gasteiger partial charge < -0.3 is 16.0 Å². The predicted octanol–water partition coefficient (Wildman–Crippen LogP) is 2.53. The molecule has 2 aliphatic carbocycles. The quantitative estimate of drug-likeness (QED) is 0.725. The molecule has 5 nitrogen and oxygen atoms in total. The van der Waals surface area contributed by atoms with Gasteiger partial charge in [0.15, 0.2) is 0 Å². The Hall–Kier alpha value is -2.14. The zero-order chi connectivity index (χ0) is 19.1. The highest BCUT2D eigenvalue weighted by molar-refractivity contribution is 5.83. The van der Waals surface area contributed by atoms with Crippen LogP contribution in [0.3, 0.4) is 0 Å². The number of carbonyl (C=O) groups excluding carboxylic acids is 1. The van der Waals surface area contributed by atoms with E-state index in [1.165, 1.54) is 11.1 Å². The SMILES string of the molecule is CC=C1C2C=C(C)CC1(NC(=O)C(N)CC(C)C)c1ccc(=O)[nH]c1C2. The lowest BCUT2D eigenvalue weighted by Crippen LogP contribution is -2.57. The van der Waals surface area contributed by atoms with Crippen LogP contribution in [0.4, 0.5) is 0 Å². The molecule has 0 saturated carbocycles. The van der Waals surface area contributed by atoms with Crippen LogP contribution in [0, 0.1) is 11.8 Å². The molecule has 0 fully saturated rings. The maximum atomic E-state index is 12.9. The highest BCUT2D eigenvalue weighted by Crippen LogP contribution is 2.49. The second-order valence-electron chi connectivity index (χ2n) is 8.09. The second-order valence-corrected chi connectivity index (χ2v) is 8.09. The van der Waals surface area contributed by atoms with Gasteiger partial charge in [-0.05, 0) is 50.7 Å². The van der Waals surface area contributed by atoms with E-state index in [2.05, 4.69) is 43.2 Å². The van der Waals surface area contributed by atoms with Crippen molar-refractivity contribution in [1.29, 1.82) is 0 Å². The normalized spacial score (nSPS) is 27.1. The monoisotopic (exact) mass is 355 g/mol. The molecule has 1 aromatic heterocycles. The summed E-state index contributed by atoms with van der Waals surface area (Å²) in [7, 11) is 0. The third-order valence-electron chi connectivity index (χ3n) is 5.52. The molecule has 3 atom stereocenters. The summed E-state index contributed by atoms with van der Waals surface area (Å²) in [5, 5.41) is 3.28. The van der Waals surface area contributed by atoms with Crippen molar-refractivity contribution < 1.29 is 4.79 Å². The first-order valence-electron chi connectivity index (χ1n) is 9.41. The molecule has 5 heteroatoms. The fourth-order valence-corrected chi connectivity index (χ4v) is 4.61. The predicted molar refractivity (Wildman–Crippen MR) is 104 cm³/mol. The van der Waals surface area contributed by atoms with Crippen LogP contribution in [-0.2, 0) is 16.8 Å². The Morgan fingerprint density at radius 2 is 2.19 bits per heavy atom. The van der Waals surface area contributed by atoms with Crippen molar-refractivity contribution in [1.82, 2.24) is 10.3 Å². The van der Waals surface area contributed by atoms with E-state index in [1.807, 2.05) is 13.0 Å². The van der Waals surface area contributed by atoms with Gasteiger partial charge in [0.05, 0.1) is 11.6 Å². The number of allylic oxidation sites excluding steroid dienone is 2. The number of fused-ring (bicyclic) bond motifs is 4. The molecule has 0 aromatic carbocycles. The van der Waals surface area contributed by atoms with Crippen molar-refractivity contribution in [3.8, 4) is 0 Å². The average molecular weight is 355 g/mol. The fraction of sp³-hybridized carbons (Fsp3) is 0.524. The Bertz CT molecular complexity index is 834. The van der Waals surface area contributed by atoms with Gasteiger partial charge in [-0.1, -0.05) is 31.6 Å². The zero-order valence-corrected chi connectivity index (χ0v) is 16.1. The van der Waals surface area contributed by atoms with Gasteiger partial charge in [0, 0.05) is 23.2 Å². The Kier molecular flexibility index (Phi) is 4.93. The van der Waals surface area contributed by atoms with Crippen LogP contribution in [0.2, 0.25) is 0 Å². The van der Waals surface area contributed by atoms with Crippen LogP contribution in [0.25, 0.3) is 0 Å². The van der Waals surface area contributed by atoms with Gasteiger partial charge in [0.25, 0.3) is 0 Å². The molecule has 26 heavy (non-hydrogen) atoms. The Balaban J connectivity index is 2.09. The number of hydrogen-bond donors (Lipinski definition) is 3. The van der Waals surface area contributed by atoms with Crippen LogP contribution < -0.4 is 16.6 Å². The second kappa shape index (κ2) is 6.88. The number of carbonyl (C=O) groups is 1. The van der Waals surface area contributed by atoms with Crippen molar-refractivity contribution in [2.75, 3.05) is 0 Å².